The fourth-order valence-corrected chi connectivity index (χ4v) is 3.76. The third kappa shape index (κ3) is 1.74. The lowest BCUT2D eigenvalue weighted by atomic mass is 9.82. The van der Waals surface area contributed by atoms with Crippen LogP contribution in [0.15, 0.2) is 42.5 Å². The van der Waals surface area contributed by atoms with Crippen LogP contribution in [0.1, 0.15) is 17.5 Å². The van der Waals surface area contributed by atoms with Crippen LogP contribution >= 0.6 is 0 Å². The van der Waals surface area contributed by atoms with Crippen LogP contribution in [0.3, 0.4) is 0 Å². The van der Waals surface area contributed by atoms with E-state index in [1.807, 2.05) is 0 Å². The summed E-state index contributed by atoms with van der Waals surface area (Å²) in [5.74, 6) is 0.736. The summed E-state index contributed by atoms with van der Waals surface area (Å²) in [4.78, 5) is 0. The largest absolute Gasteiger partial charge is 0.322 e. The van der Waals surface area contributed by atoms with Gasteiger partial charge in [-0.2, -0.15) is 0 Å². The van der Waals surface area contributed by atoms with Gasteiger partial charge in [0.1, 0.15) is 6.04 Å². The molecule has 1 nitrogen and oxygen atoms in total. The predicted molar refractivity (Wildman–Crippen MR) is 77.2 cm³/mol. The maximum atomic E-state index is 3.93. The van der Waals surface area contributed by atoms with Crippen molar-refractivity contribution in [3.63, 3.8) is 0 Å². The van der Waals surface area contributed by atoms with Crippen molar-refractivity contribution in [2.24, 2.45) is 5.92 Å². The molecular formula is C17H22N+. The Kier molecular flexibility index (Phi) is 2.67. The van der Waals surface area contributed by atoms with Gasteiger partial charge in [-0.1, -0.05) is 30.3 Å². The van der Waals surface area contributed by atoms with E-state index in [0.29, 0.717) is 6.04 Å². The zero-order valence-corrected chi connectivity index (χ0v) is 11.4. The fraction of sp³-hybridized carbons (Fsp3) is 0.412. The molecule has 0 spiro atoms. The Labute approximate surface area is 110 Å². The van der Waals surface area contributed by atoms with Gasteiger partial charge >= 0.3 is 0 Å². The second-order valence-electron chi connectivity index (χ2n) is 6.25. The third-order valence-electron chi connectivity index (χ3n) is 4.62. The Hall–Kier alpha value is -1.34. The number of likely N-dealkylation sites (N-methyl/N-ethyl adjacent to an activating group) is 1. The molecule has 0 bridgehead atoms. The van der Waals surface area contributed by atoms with E-state index in [2.05, 4.69) is 57.1 Å². The normalized spacial score (nSPS) is 28.2. The minimum Gasteiger partial charge on any atom is -0.322 e. The van der Waals surface area contributed by atoms with Crippen molar-refractivity contribution >= 4 is 6.08 Å². The summed E-state index contributed by atoms with van der Waals surface area (Å²) in [5, 5.41) is 0. The van der Waals surface area contributed by atoms with Gasteiger partial charge in [-0.05, 0) is 29.2 Å². The number of quaternary nitrogens is 1. The van der Waals surface area contributed by atoms with Gasteiger partial charge in [-0.3, -0.25) is 0 Å². The highest BCUT2D eigenvalue weighted by Gasteiger charge is 2.45. The lowest BCUT2D eigenvalue weighted by Gasteiger charge is -2.31. The average molecular weight is 240 g/mol. The first-order valence-corrected chi connectivity index (χ1v) is 6.85. The Balaban J connectivity index is 2.04. The van der Waals surface area contributed by atoms with Crippen molar-refractivity contribution in [2.75, 3.05) is 20.6 Å². The van der Waals surface area contributed by atoms with Gasteiger partial charge < -0.3 is 4.48 Å². The molecule has 1 fully saturated rings. The molecule has 1 aromatic carbocycles. The van der Waals surface area contributed by atoms with E-state index in [1.54, 1.807) is 5.57 Å². The van der Waals surface area contributed by atoms with Crippen molar-refractivity contribution < 1.29 is 4.48 Å². The number of hydrogen-bond acceptors (Lipinski definition) is 0. The van der Waals surface area contributed by atoms with Crippen LogP contribution in [0, 0.1) is 5.92 Å². The molecule has 0 aromatic heterocycles. The first-order valence-electron chi connectivity index (χ1n) is 6.85. The molecule has 94 valence electrons. The summed E-state index contributed by atoms with van der Waals surface area (Å²) in [7, 11) is 4.72. The quantitative estimate of drug-likeness (QED) is 0.550. The second kappa shape index (κ2) is 4.10. The minimum absolute atomic E-state index is 0.626. The summed E-state index contributed by atoms with van der Waals surface area (Å²) in [6.07, 6.45) is 6.84. The van der Waals surface area contributed by atoms with Crippen molar-refractivity contribution in [3.05, 3.63) is 53.6 Å². The van der Waals surface area contributed by atoms with Crippen LogP contribution in [0.4, 0.5) is 0 Å². The van der Waals surface area contributed by atoms with Crippen molar-refractivity contribution in [1.82, 2.24) is 0 Å². The highest BCUT2D eigenvalue weighted by atomic mass is 15.4. The van der Waals surface area contributed by atoms with Gasteiger partial charge in [0.15, 0.2) is 0 Å². The lowest BCUT2D eigenvalue weighted by Crippen LogP contribution is -2.44. The van der Waals surface area contributed by atoms with E-state index in [-0.39, 0.29) is 0 Å². The molecule has 1 aliphatic carbocycles. The summed E-state index contributed by atoms with van der Waals surface area (Å²) in [5.41, 5.74) is 4.60. The Bertz CT molecular complexity index is 510. The standard InChI is InChI=1S/C17H22N/c1-4-7-17-16-11-14-9-6-5-8-13(14)10-15(16)12-18(17,2)3/h4-6,8-9,11,15,17H,1,7,10,12H2,2-3H3/q+1/t15-,17+/m1/s1. The highest BCUT2D eigenvalue weighted by molar-refractivity contribution is 5.61. The van der Waals surface area contributed by atoms with Gasteiger partial charge in [-0.25, -0.2) is 0 Å². The highest BCUT2D eigenvalue weighted by Crippen LogP contribution is 2.41. The summed E-state index contributed by atoms with van der Waals surface area (Å²) < 4.78 is 1.11. The first-order chi connectivity index (χ1) is 8.62. The van der Waals surface area contributed by atoms with E-state index in [0.717, 1.165) is 16.8 Å². The SMILES string of the molecule is C=CC[C@H]1C2=Cc3ccccc3C[C@@H]2C[N+]1(C)C. The smallest absolute Gasteiger partial charge is 0.114 e. The summed E-state index contributed by atoms with van der Waals surface area (Å²) in [6, 6.07) is 9.47. The Morgan fingerprint density at radius 2 is 2.11 bits per heavy atom. The van der Waals surface area contributed by atoms with E-state index in [9.17, 15) is 0 Å². The van der Waals surface area contributed by atoms with Gasteiger partial charge in [0.05, 0.1) is 20.6 Å². The topological polar surface area (TPSA) is 0 Å². The summed E-state index contributed by atoms with van der Waals surface area (Å²) in [6.45, 7) is 5.20. The molecule has 0 N–H and O–H groups in total. The molecule has 2 atom stereocenters. The first kappa shape index (κ1) is 11.7. The Morgan fingerprint density at radius 1 is 1.33 bits per heavy atom. The van der Waals surface area contributed by atoms with Crippen LogP contribution < -0.4 is 0 Å². The number of nitrogens with zero attached hydrogens (tertiary/aromatic N) is 1. The van der Waals surface area contributed by atoms with E-state index >= 15 is 0 Å². The molecule has 1 heteroatoms. The van der Waals surface area contributed by atoms with Crippen LogP contribution in [0.25, 0.3) is 6.08 Å². The van der Waals surface area contributed by atoms with Gasteiger partial charge in [0.2, 0.25) is 0 Å². The van der Waals surface area contributed by atoms with Crippen LogP contribution in [-0.2, 0) is 6.42 Å². The maximum Gasteiger partial charge on any atom is 0.114 e. The number of benzene rings is 1. The van der Waals surface area contributed by atoms with Gasteiger partial charge in [-0.15, -0.1) is 6.58 Å². The zero-order valence-electron chi connectivity index (χ0n) is 11.4. The van der Waals surface area contributed by atoms with Gasteiger partial charge in [0.25, 0.3) is 0 Å². The summed E-state index contributed by atoms with van der Waals surface area (Å²) >= 11 is 0. The molecule has 18 heavy (non-hydrogen) atoms. The molecule has 0 unspecified atom stereocenters. The molecule has 1 saturated heterocycles. The van der Waals surface area contributed by atoms with Gasteiger partial charge in [0, 0.05) is 12.3 Å². The van der Waals surface area contributed by atoms with Crippen LogP contribution in [-0.4, -0.2) is 31.2 Å². The molecule has 1 aromatic rings. The third-order valence-corrected chi connectivity index (χ3v) is 4.62. The van der Waals surface area contributed by atoms with E-state index in [1.165, 1.54) is 24.1 Å². The number of fused-ring (bicyclic) bond motifs is 2. The number of likely N-dealkylation sites (tertiary alicyclic amines) is 1. The average Bonchev–Trinajstić information content (AvgIpc) is 2.58. The molecule has 1 aliphatic heterocycles. The predicted octanol–water partition coefficient (Wildman–Crippen LogP) is 3.28. The molecule has 2 aliphatic rings. The zero-order chi connectivity index (χ0) is 12.8. The lowest BCUT2D eigenvalue weighted by molar-refractivity contribution is -0.900. The molecule has 0 radical (unpaired) electrons. The van der Waals surface area contributed by atoms with Crippen molar-refractivity contribution in [1.29, 1.82) is 0 Å². The van der Waals surface area contributed by atoms with E-state index in [4.69, 9.17) is 0 Å². The second-order valence-corrected chi connectivity index (χ2v) is 6.25. The molecule has 3 rings (SSSR count). The molecule has 1 heterocycles. The molecule has 0 saturated carbocycles. The molecule has 0 amide bonds. The molecular weight excluding hydrogens is 218 g/mol. The maximum absolute atomic E-state index is 3.93. The minimum atomic E-state index is 0.626. The monoisotopic (exact) mass is 240 g/mol. The fourth-order valence-electron chi connectivity index (χ4n) is 3.76. The number of rotatable bonds is 2. The van der Waals surface area contributed by atoms with E-state index < -0.39 is 0 Å². The van der Waals surface area contributed by atoms with Crippen molar-refractivity contribution in [2.45, 2.75) is 18.9 Å². The Morgan fingerprint density at radius 3 is 2.89 bits per heavy atom. The van der Waals surface area contributed by atoms with Crippen LogP contribution in [0.2, 0.25) is 0 Å². The van der Waals surface area contributed by atoms with Crippen molar-refractivity contribution in [3.8, 4) is 0 Å². The van der Waals surface area contributed by atoms with Crippen LogP contribution in [0.5, 0.6) is 0 Å². The number of hydrogen-bond donors (Lipinski definition) is 0.